The molecule has 25 heavy (non-hydrogen) atoms. The van der Waals surface area contributed by atoms with E-state index in [1.807, 2.05) is 0 Å². The summed E-state index contributed by atoms with van der Waals surface area (Å²) in [4.78, 5) is 11.8. The molecule has 142 valence electrons. The van der Waals surface area contributed by atoms with E-state index < -0.39 is 31.8 Å². The van der Waals surface area contributed by atoms with Crippen molar-refractivity contribution in [3.05, 3.63) is 24.0 Å². The van der Waals surface area contributed by atoms with E-state index in [-0.39, 0.29) is 24.0 Å². The van der Waals surface area contributed by atoms with Gasteiger partial charge >= 0.3 is 0 Å². The van der Waals surface area contributed by atoms with Gasteiger partial charge in [-0.05, 0) is 51.8 Å². The van der Waals surface area contributed by atoms with Crippen molar-refractivity contribution >= 4 is 34.0 Å². The first-order valence-corrected chi connectivity index (χ1v) is 9.35. The maximum absolute atomic E-state index is 14.0. The van der Waals surface area contributed by atoms with E-state index in [4.69, 9.17) is 5.73 Å². The van der Waals surface area contributed by atoms with Crippen molar-refractivity contribution in [3.63, 3.8) is 0 Å². The summed E-state index contributed by atoms with van der Waals surface area (Å²) in [7, 11) is -4.05. The van der Waals surface area contributed by atoms with Gasteiger partial charge in [-0.1, -0.05) is 12.8 Å². The third kappa shape index (κ3) is 5.37. The molecule has 1 aliphatic rings. The zero-order chi connectivity index (χ0) is 18.2. The first kappa shape index (κ1) is 21.8. The molecule has 2 rings (SSSR count). The second-order valence-electron chi connectivity index (χ2n) is 7.32. The number of nitrogens with two attached hydrogens (primary N) is 1. The molecule has 1 saturated carbocycles. The summed E-state index contributed by atoms with van der Waals surface area (Å²) in [6.45, 7) is 4.98. The van der Waals surface area contributed by atoms with Gasteiger partial charge in [-0.3, -0.25) is 4.79 Å². The highest BCUT2D eigenvalue weighted by Crippen LogP contribution is 2.29. The van der Waals surface area contributed by atoms with Gasteiger partial charge in [0.2, 0.25) is 15.9 Å². The van der Waals surface area contributed by atoms with Crippen molar-refractivity contribution < 1.29 is 17.6 Å². The summed E-state index contributed by atoms with van der Waals surface area (Å²) in [5, 5.41) is 2.60. The molecule has 9 heteroatoms. The van der Waals surface area contributed by atoms with E-state index in [0.717, 1.165) is 25.0 Å². The van der Waals surface area contributed by atoms with Crippen molar-refractivity contribution in [2.45, 2.75) is 62.4 Å². The van der Waals surface area contributed by atoms with Crippen LogP contribution in [0.1, 0.15) is 46.5 Å². The predicted molar refractivity (Wildman–Crippen MR) is 97.7 cm³/mol. The van der Waals surface area contributed by atoms with Crippen molar-refractivity contribution in [2.24, 2.45) is 5.73 Å². The second-order valence-corrected chi connectivity index (χ2v) is 8.97. The number of anilines is 1. The van der Waals surface area contributed by atoms with Crippen LogP contribution in [0.2, 0.25) is 0 Å². The number of benzene rings is 1. The SMILES string of the molecule is CC(C)(C)NS(=O)(=O)c1cc(NC(=O)C2(N)CCCC2)ccc1F.Cl. The Morgan fingerprint density at radius 1 is 1.24 bits per heavy atom. The molecule has 0 bridgehead atoms. The number of halogens is 2. The van der Waals surface area contributed by atoms with Crippen molar-refractivity contribution in [1.29, 1.82) is 0 Å². The molecule has 0 radical (unpaired) electrons. The van der Waals surface area contributed by atoms with E-state index in [2.05, 4.69) is 10.0 Å². The minimum atomic E-state index is -4.05. The highest BCUT2D eigenvalue weighted by atomic mass is 35.5. The molecular weight excluding hydrogens is 369 g/mol. The van der Waals surface area contributed by atoms with Gasteiger partial charge < -0.3 is 11.1 Å². The first-order valence-electron chi connectivity index (χ1n) is 7.87. The minimum Gasteiger partial charge on any atom is -0.324 e. The Hall–Kier alpha value is -1.22. The van der Waals surface area contributed by atoms with Crippen LogP contribution in [-0.2, 0) is 14.8 Å². The fourth-order valence-corrected chi connectivity index (χ4v) is 4.26. The lowest BCUT2D eigenvalue weighted by atomic mass is 9.98. The number of carbonyl (C=O) groups is 1. The zero-order valence-electron chi connectivity index (χ0n) is 14.6. The normalized spacial score (nSPS) is 17.0. The molecule has 1 aliphatic carbocycles. The number of amides is 1. The molecule has 4 N–H and O–H groups in total. The quantitative estimate of drug-likeness (QED) is 0.731. The number of sulfonamides is 1. The number of rotatable bonds is 4. The van der Waals surface area contributed by atoms with Crippen LogP contribution in [0.25, 0.3) is 0 Å². The Kier molecular flexibility index (Phi) is 6.61. The lowest BCUT2D eigenvalue weighted by molar-refractivity contribution is -0.121. The maximum Gasteiger partial charge on any atom is 0.244 e. The molecule has 6 nitrogen and oxygen atoms in total. The standard InChI is InChI=1S/C16H24FN3O3S.ClH/c1-15(2,3)20-24(22,23)13-10-11(6-7-12(13)17)19-14(21)16(18)8-4-5-9-16;/h6-7,10,20H,4-5,8-9,18H2,1-3H3,(H,19,21);1H. The van der Waals surface area contributed by atoms with Crippen LogP contribution in [0, 0.1) is 5.82 Å². The van der Waals surface area contributed by atoms with Gasteiger partial charge in [0.1, 0.15) is 10.7 Å². The number of carbonyl (C=O) groups excluding carboxylic acids is 1. The van der Waals surface area contributed by atoms with Crippen LogP contribution >= 0.6 is 12.4 Å². The first-order chi connectivity index (χ1) is 10.9. The molecule has 0 aromatic heterocycles. The van der Waals surface area contributed by atoms with Crippen molar-refractivity contribution in [1.82, 2.24) is 4.72 Å². The fraction of sp³-hybridized carbons (Fsp3) is 0.562. The average Bonchev–Trinajstić information content (AvgIpc) is 2.86. The molecule has 0 spiro atoms. The van der Waals surface area contributed by atoms with Crippen LogP contribution in [-0.4, -0.2) is 25.4 Å². The third-order valence-electron chi connectivity index (χ3n) is 3.87. The molecule has 0 heterocycles. The highest BCUT2D eigenvalue weighted by Gasteiger charge is 2.37. The summed E-state index contributed by atoms with van der Waals surface area (Å²) in [5.74, 6) is -1.26. The van der Waals surface area contributed by atoms with Gasteiger partial charge in [0, 0.05) is 11.2 Å². The van der Waals surface area contributed by atoms with Crippen LogP contribution in [0.5, 0.6) is 0 Å². The Balaban J connectivity index is 0.00000312. The highest BCUT2D eigenvalue weighted by molar-refractivity contribution is 7.89. The van der Waals surface area contributed by atoms with E-state index in [1.165, 1.54) is 6.07 Å². The third-order valence-corrected chi connectivity index (χ3v) is 5.64. The molecule has 0 saturated heterocycles. The Morgan fingerprint density at radius 3 is 2.32 bits per heavy atom. The minimum absolute atomic E-state index is 0. The summed E-state index contributed by atoms with van der Waals surface area (Å²) in [6.07, 6.45) is 2.92. The molecular formula is C16H25ClFN3O3S. The van der Waals surface area contributed by atoms with Gasteiger partial charge in [0.15, 0.2) is 0 Å². The molecule has 0 aliphatic heterocycles. The van der Waals surface area contributed by atoms with Gasteiger partial charge in [-0.2, -0.15) is 0 Å². The van der Waals surface area contributed by atoms with E-state index in [9.17, 15) is 17.6 Å². The van der Waals surface area contributed by atoms with Crippen molar-refractivity contribution in [2.75, 3.05) is 5.32 Å². The summed E-state index contributed by atoms with van der Waals surface area (Å²) >= 11 is 0. The number of nitrogens with one attached hydrogen (secondary N) is 2. The summed E-state index contributed by atoms with van der Waals surface area (Å²) < 4.78 is 41.1. The number of hydrogen-bond acceptors (Lipinski definition) is 4. The van der Waals surface area contributed by atoms with Crippen LogP contribution in [0.4, 0.5) is 10.1 Å². The second kappa shape index (κ2) is 7.57. The lowest BCUT2D eigenvalue weighted by Gasteiger charge is -2.23. The van der Waals surface area contributed by atoms with Gasteiger partial charge in [0.25, 0.3) is 0 Å². The molecule has 1 fully saturated rings. The average molecular weight is 394 g/mol. The van der Waals surface area contributed by atoms with Gasteiger partial charge in [-0.25, -0.2) is 17.5 Å². The largest absolute Gasteiger partial charge is 0.324 e. The smallest absolute Gasteiger partial charge is 0.244 e. The molecule has 0 unspecified atom stereocenters. The van der Waals surface area contributed by atoms with E-state index >= 15 is 0 Å². The summed E-state index contributed by atoms with van der Waals surface area (Å²) in [5.41, 5.74) is 4.57. The Bertz CT molecular complexity index is 741. The topological polar surface area (TPSA) is 101 Å². The number of hydrogen-bond donors (Lipinski definition) is 3. The molecule has 1 amide bonds. The molecule has 1 aromatic rings. The van der Waals surface area contributed by atoms with Crippen LogP contribution in [0.3, 0.4) is 0 Å². The van der Waals surface area contributed by atoms with E-state index in [1.54, 1.807) is 20.8 Å². The van der Waals surface area contributed by atoms with Crippen LogP contribution in [0.15, 0.2) is 23.1 Å². The van der Waals surface area contributed by atoms with Crippen LogP contribution < -0.4 is 15.8 Å². The van der Waals surface area contributed by atoms with Gasteiger partial charge in [-0.15, -0.1) is 12.4 Å². The monoisotopic (exact) mass is 393 g/mol. The predicted octanol–water partition coefficient (Wildman–Crippen LogP) is 2.53. The zero-order valence-corrected chi connectivity index (χ0v) is 16.2. The maximum atomic E-state index is 14.0. The molecule has 1 aromatic carbocycles. The van der Waals surface area contributed by atoms with E-state index in [0.29, 0.717) is 12.8 Å². The fourth-order valence-electron chi connectivity index (χ4n) is 2.73. The lowest BCUT2D eigenvalue weighted by Crippen LogP contribution is -2.48. The van der Waals surface area contributed by atoms with Gasteiger partial charge in [0.05, 0.1) is 5.54 Å². The van der Waals surface area contributed by atoms with Crippen molar-refractivity contribution in [3.8, 4) is 0 Å². The summed E-state index contributed by atoms with van der Waals surface area (Å²) in [6, 6.07) is 3.45. The molecule has 0 atom stereocenters. The Labute approximate surface area is 154 Å². The Morgan fingerprint density at radius 2 is 1.80 bits per heavy atom.